The Morgan fingerprint density at radius 3 is 2.84 bits per heavy atom. The molecule has 1 amide bonds. The van der Waals surface area contributed by atoms with Crippen LogP contribution in [0.15, 0.2) is 29.2 Å². The standard InChI is InChI=1S/C15H23NO2S/c1-3-4-7-10-16-15(17)13-8-5-6-9-14(13)19-12-11-18-2/h5-6,8-9H,3-4,7,10-12H2,1-2H3,(H,16,17). The van der Waals surface area contributed by atoms with E-state index >= 15 is 0 Å². The van der Waals surface area contributed by atoms with Crippen molar-refractivity contribution in [3.8, 4) is 0 Å². The van der Waals surface area contributed by atoms with Gasteiger partial charge in [-0.2, -0.15) is 0 Å². The van der Waals surface area contributed by atoms with E-state index < -0.39 is 0 Å². The van der Waals surface area contributed by atoms with Crippen molar-refractivity contribution in [2.75, 3.05) is 26.0 Å². The molecule has 0 aliphatic rings. The Morgan fingerprint density at radius 2 is 2.11 bits per heavy atom. The zero-order chi connectivity index (χ0) is 13.9. The number of benzene rings is 1. The lowest BCUT2D eigenvalue weighted by Gasteiger charge is -2.09. The molecule has 1 aromatic carbocycles. The molecule has 106 valence electrons. The third-order valence-electron chi connectivity index (χ3n) is 2.74. The molecule has 0 saturated heterocycles. The third-order valence-corrected chi connectivity index (χ3v) is 3.78. The van der Waals surface area contributed by atoms with Gasteiger partial charge in [-0.3, -0.25) is 4.79 Å². The number of hydrogen-bond donors (Lipinski definition) is 1. The van der Waals surface area contributed by atoms with Crippen LogP contribution >= 0.6 is 11.8 Å². The van der Waals surface area contributed by atoms with E-state index in [1.165, 1.54) is 6.42 Å². The van der Waals surface area contributed by atoms with Crippen molar-refractivity contribution in [2.24, 2.45) is 0 Å². The predicted molar refractivity (Wildman–Crippen MR) is 80.9 cm³/mol. The van der Waals surface area contributed by atoms with Crippen molar-refractivity contribution in [3.05, 3.63) is 29.8 Å². The van der Waals surface area contributed by atoms with E-state index in [1.807, 2.05) is 24.3 Å². The van der Waals surface area contributed by atoms with Crippen LogP contribution in [-0.2, 0) is 4.74 Å². The summed E-state index contributed by atoms with van der Waals surface area (Å²) in [6.45, 7) is 3.60. The lowest BCUT2D eigenvalue weighted by Crippen LogP contribution is -2.25. The number of ether oxygens (including phenoxy) is 1. The Bertz CT molecular complexity index is 382. The smallest absolute Gasteiger partial charge is 0.252 e. The molecule has 1 N–H and O–H groups in total. The van der Waals surface area contributed by atoms with Gasteiger partial charge in [0, 0.05) is 24.3 Å². The largest absolute Gasteiger partial charge is 0.384 e. The fraction of sp³-hybridized carbons (Fsp3) is 0.533. The second-order valence-corrected chi connectivity index (χ2v) is 5.44. The van der Waals surface area contributed by atoms with Crippen LogP contribution in [0.3, 0.4) is 0 Å². The van der Waals surface area contributed by atoms with Crippen LogP contribution in [0.5, 0.6) is 0 Å². The molecular weight excluding hydrogens is 258 g/mol. The van der Waals surface area contributed by atoms with Crippen molar-refractivity contribution in [1.82, 2.24) is 5.32 Å². The van der Waals surface area contributed by atoms with E-state index in [9.17, 15) is 4.79 Å². The normalized spacial score (nSPS) is 10.4. The van der Waals surface area contributed by atoms with Gasteiger partial charge in [0.25, 0.3) is 5.91 Å². The first-order chi connectivity index (χ1) is 9.29. The van der Waals surface area contributed by atoms with Gasteiger partial charge < -0.3 is 10.1 Å². The molecule has 0 radical (unpaired) electrons. The zero-order valence-electron chi connectivity index (χ0n) is 11.8. The average molecular weight is 281 g/mol. The molecule has 3 nitrogen and oxygen atoms in total. The number of unbranched alkanes of at least 4 members (excludes halogenated alkanes) is 2. The minimum Gasteiger partial charge on any atom is -0.384 e. The van der Waals surface area contributed by atoms with Crippen molar-refractivity contribution in [3.63, 3.8) is 0 Å². The number of thioether (sulfide) groups is 1. The van der Waals surface area contributed by atoms with E-state index in [4.69, 9.17) is 4.74 Å². The SMILES string of the molecule is CCCCCNC(=O)c1ccccc1SCCOC. The van der Waals surface area contributed by atoms with Gasteiger partial charge in [0.05, 0.1) is 12.2 Å². The van der Waals surface area contributed by atoms with Gasteiger partial charge in [-0.15, -0.1) is 11.8 Å². The molecule has 1 aromatic rings. The molecule has 0 unspecified atom stereocenters. The Kier molecular flexibility index (Phi) is 8.34. The highest BCUT2D eigenvalue weighted by atomic mass is 32.2. The Morgan fingerprint density at radius 1 is 1.32 bits per heavy atom. The summed E-state index contributed by atoms with van der Waals surface area (Å²) in [6.07, 6.45) is 3.37. The van der Waals surface area contributed by atoms with Crippen molar-refractivity contribution < 1.29 is 9.53 Å². The molecule has 0 atom stereocenters. The number of carbonyl (C=O) groups excluding carboxylic acids is 1. The number of carbonyl (C=O) groups is 1. The molecule has 0 heterocycles. The minimum atomic E-state index is 0.0246. The maximum atomic E-state index is 12.1. The summed E-state index contributed by atoms with van der Waals surface area (Å²) < 4.78 is 5.03. The quantitative estimate of drug-likeness (QED) is 0.557. The lowest BCUT2D eigenvalue weighted by molar-refractivity contribution is 0.0950. The Labute approximate surface area is 120 Å². The highest BCUT2D eigenvalue weighted by molar-refractivity contribution is 7.99. The van der Waals surface area contributed by atoms with E-state index in [2.05, 4.69) is 12.2 Å². The van der Waals surface area contributed by atoms with Crippen molar-refractivity contribution >= 4 is 17.7 Å². The van der Waals surface area contributed by atoms with Gasteiger partial charge in [0.1, 0.15) is 0 Å². The summed E-state index contributed by atoms with van der Waals surface area (Å²) in [6, 6.07) is 7.73. The molecule has 0 fully saturated rings. The van der Waals surface area contributed by atoms with Crippen molar-refractivity contribution in [1.29, 1.82) is 0 Å². The molecule has 0 aliphatic heterocycles. The second-order valence-electron chi connectivity index (χ2n) is 4.30. The van der Waals surface area contributed by atoms with E-state index in [0.29, 0.717) is 6.61 Å². The first-order valence-corrected chi connectivity index (χ1v) is 7.77. The predicted octanol–water partition coefficient (Wildman–Crippen LogP) is 3.35. The summed E-state index contributed by atoms with van der Waals surface area (Å²) in [5, 5.41) is 2.98. The third kappa shape index (κ3) is 6.12. The van der Waals surface area contributed by atoms with Crippen LogP contribution < -0.4 is 5.32 Å². The van der Waals surface area contributed by atoms with E-state index in [-0.39, 0.29) is 5.91 Å². The summed E-state index contributed by atoms with van der Waals surface area (Å²) in [5.41, 5.74) is 0.764. The van der Waals surface area contributed by atoms with Gasteiger partial charge in [0.15, 0.2) is 0 Å². The monoisotopic (exact) mass is 281 g/mol. The highest BCUT2D eigenvalue weighted by Gasteiger charge is 2.10. The van der Waals surface area contributed by atoms with Gasteiger partial charge in [-0.05, 0) is 18.6 Å². The fourth-order valence-corrected chi connectivity index (χ4v) is 2.65. The topological polar surface area (TPSA) is 38.3 Å². The molecule has 0 aliphatic carbocycles. The summed E-state index contributed by atoms with van der Waals surface area (Å²) >= 11 is 1.66. The molecule has 0 aromatic heterocycles. The van der Waals surface area contributed by atoms with Crippen LogP contribution in [0.2, 0.25) is 0 Å². The number of amides is 1. The van der Waals surface area contributed by atoms with E-state index in [1.54, 1.807) is 18.9 Å². The zero-order valence-corrected chi connectivity index (χ0v) is 12.6. The summed E-state index contributed by atoms with van der Waals surface area (Å²) in [7, 11) is 1.69. The summed E-state index contributed by atoms with van der Waals surface area (Å²) in [4.78, 5) is 13.1. The Hall–Kier alpha value is -1.00. The number of hydrogen-bond acceptors (Lipinski definition) is 3. The van der Waals surface area contributed by atoms with Gasteiger partial charge in [0.2, 0.25) is 0 Å². The van der Waals surface area contributed by atoms with Crippen molar-refractivity contribution in [2.45, 2.75) is 31.1 Å². The minimum absolute atomic E-state index is 0.0246. The van der Waals surface area contributed by atoms with Crippen LogP contribution in [0, 0.1) is 0 Å². The van der Waals surface area contributed by atoms with Gasteiger partial charge in [-0.1, -0.05) is 31.9 Å². The molecule has 19 heavy (non-hydrogen) atoms. The number of nitrogens with one attached hydrogen (secondary N) is 1. The van der Waals surface area contributed by atoms with Crippen LogP contribution in [0.25, 0.3) is 0 Å². The lowest BCUT2D eigenvalue weighted by atomic mass is 10.2. The number of rotatable bonds is 9. The average Bonchev–Trinajstić information content (AvgIpc) is 2.44. The molecule has 0 spiro atoms. The maximum Gasteiger partial charge on any atom is 0.252 e. The van der Waals surface area contributed by atoms with Gasteiger partial charge in [-0.25, -0.2) is 0 Å². The molecular formula is C15H23NO2S. The molecule has 1 rings (SSSR count). The first kappa shape index (κ1) is 16.1. The van der Waals surface area contributed by atoms with Crippen LogP contribution in [-0.4, -0.2) is 31.9 Å². The van der Waals surface area contributed by atoms with E-state index in [0.717, 1.165) is 35.6 Å². The fourth-order valence-electron chi connectivity index (χ4n) is 1.69. The molecule has 0 bridgehead atoms. The maximum absolute atomic E-state index is 12.1. The van der Waals surface area contributed by atoms with Crippen LogP contribution in [0.4, 0.5) is 0 Å². The Balaban J connectivity index is 2.52. The summed E-state index contributed by atoms with van der Waals surface area (Å²) in [5.74, 6) is 0.882. The highest BCUT2D eigenvalue weighted by Crippen LogP contribution is 2.22. The van der Waals surface area contributed by atoms with Gasteiger partial charge >= 0.3 is 0 Å². The first-order valence-electron chi connectivity index (χ1n) is 6.78. The number of methoxy groups -OCH3 is 1. The molecule has 0 saturated carbocycles. The van der Waals surface area contributed by atoms with Crippen LogP contribution in [0.1, 0.15) is 36.5 Å². The molecule has 4 heteroatoms. The second kappa shape index (κ2) is 9.87.